The van der Waals surface area contributed by atoms with Gasteiger partial charge in [-0.05, 0) is 21.0 Å². The summed E-state index contributed by atoms with van der Waals surface area (Å²) in [5.74, 6) is -0.271. The highest BCUT2D eigenvalue weighted by Gasteiger charge is 2.22. The summed E-state index contributed by atoms with van der Waals surface area (Å²) in [4.78, 5) is 17.7. The summed E-state index contributed by atoms with van der Waals surface area (Å²) in [6, 6.07) is 0. The fourth-order valence-electron chi connectivity index (χ4n) is 1.59. The molecule has 1 amide bonds. The van der Waals surface area contributed by atoms with E-state index >= 15 is 0 Å². The van der Waals surface area contributed by atoms with Gasteiger partial charge >= 0.3 is 0 Å². The summed E-state index contributed by atoms with van der Waals surface area (Å²) in [5.41, 5.74) is -0.592. The Hall–Kier alpha value is -1.18. The van der Waals surface area contributed by atoms with Crippen LogP contribution in [0.1, 0.15) is 17.4 Å². The SMILES string of the molecule is CNc1nc(C(=O)NCC(C)(O)CN(C)C)cs1. The summed E-state index contributed by atoms with van der Waals surface area (Å²) < 4.78 is 0. The molecule has 1 aromatic rings. The summed E-state index contributed by atoms with van der Waals surface area (Å²) in [6.07, 6.45) is 0. The number of likely N-dealkylation sites (N-methyl/N-ethyl adjacent to an activating group) is 1. The lowest BCUT2D eigenvalue weighted by Gasteiger charge is -2.26. The van der Waals surface area contributed by atoms with Gasteiger partial charge in [-0.15, -0.1) is 11.3 Å². The van der Waals surface area contributed by atoms with Crippen molar-refractivity contribution in [1.82, 2.24) is 15.2 Å². The van der Waals surface area contributed by atoms with E-state index in [0.29, 0.717) is 17.4 Å². The maximum atomic E-state index is 11.8. The molecule has 1 unspecified atom stereocenters. The molecule has 6 nitrogen and oxygen atoms in total. The van der Waals surface area contributed by atoms with Gasteiger partial charge in [-0.25, -0.2) is 4.98 Å². The molecule has 1 aromatic heterocycles. The van der Waals surface area contributed by atoms with Gasteiger partial charge in [-0.2, -0.15) is 0 Å². The number of hydrogen-bond acceptors (Lipinski definition) is 6. The first-order valence-corrected chi connectivity index (χ1v) is 6.50. The lowest BCUT2D eigenvalue weighted by atomic mass is 10.1. The van der Waals surface area contributed by atoms with E-state index in [2.05, 4.69) is 15.6 Å². The van der Waals surface area contributed by atoms with Gasteiger partial charge in [0.05, 0.1) is 5.60 Å². The molecule has 0 spiro atoms. The third-order valence-corrected chi connectivity index (χ3v) is 3.10. The van der Waals surface area contributed by atoms with Crippen LogP contribution < -0.4 is 10.6 Å². The molecule has 1 rings (SSSR count). The minimum atomic E-state index is -0.957. The molecule has 0 aliphatic rings. The van der Waals surface area contributed by atoms with Gasteiger partial charge in [0, 0.05) is 25.5 Å². The molecule has 18 heavy (non-hydrogen) atoms. The van der Waals surface area contributed by atoms with Crippen molar-refractivity contribution in [3.05, 3.63) is 11.1 Å². The molecule has 0 radical (unpaired) electrons. The highest BCUT2D eigenvalue weighted by Crippen LogP contribution is 2.14. The third kappa shape index (κ3) is 4.59. The van der Waals surface area contributed by atoms with Crippen molar-refractivity contribution in [1.29, 1.82) is 0 Å². The van der Waals surface area contributed by atoms with Gasteiger partial charge < -0.3 is 20.6 Å². The minimum Gasteiger partial charge on any atom is -0.387 e. The molecule has 0 aliphatic heterocycles. The highest BCUT2D eigenvalue weighted by atomic mass is 32.1. The summed E-state index contributed by atoms with van der Waals surface area (Å²) in [7, 11) is 5.49. The molecule has 1 heterocycles. The number of thiazole rings is 1. The van der Waals surface area contributed by atoms with Gasteiger partial charge in [0.15, 0.2) is 5.13 Å². The lowest BCUT2D eigenvalue weighted by molar-refractivity contribution is 0.0325. The van der Waals surface area contributed by atoms with Crippen molar-refractivity contribution in [2.75, 3.05) is 39.5 Å². The topological polar surface area (TPSA) is 77.5 Å². The molecule has 3 N–H and O–H groups in total. The standard InChI is InChI=1S/C11H20N4O2S/c1-11(17,7-15(3)4)6-13-9(16)8-5-18-10(12-2)14-8/h5,17H,6-7H2,1-4H3,(H,12,14)(H,13,16). The number of amides is 1. The molecule has 0 aliphatic carbocycles. The predicted octanol–water partition coefficient (Wildman–Crippen LogP) is 0.227. The monoisotopic (exact) mass is 272 g/mol. The fraction of sp³-hybridized carbons (Fsp3) is 0.636. The zero-order valence-electron chi connectivity index (χ0n) is 11.1. The molecule has 0 bridgehead atoms. The Kier molecular flexibility index (Phi) is 5.06. The van der Waals surface area contributed by atoms with Crippen LogP contribution in [0.2, 0.25) is 0 Å². The minimum absolute atomic E-state index is 0.191. The number of rotatable bonds is 6. The van der Waals surface area contributed by atoms with Crippen LogP contribution >= 0.6 is 11.3 Å². The van der Waals surface area contributed by atoms with Crippen molar-refractivity contribution in [2.24, 2.45) is 0 Å². The van der Waals surface area contributed by atoms with Crippen molar-refractivity contribution in [2.45, 2.75) is 12.5 Å². The average Bonchev–Trinajstić information content (AvgIpc) is 2.72. The number of aromatic nitrogens is 1. The van der Waals surface area contributed by atoms with Crippen molar-refractivity contribution >= 4 is 22.4 Å². The van der Waals surface area contributed by atoms with Crippen LogP contribution in [0.25, 0.3) is 0 Å². The van der Waals surface area contributed by atoms with Crippen LogP contribution in [0.4, 0.5) is 5.13 Å². The van der Waals surface area contributed by atoms with Gasteiger partial charge in [0.1, 0.15) is 5.69 Å². The van der Waals surface area contributed by atoms with Gasteiger partial charge in [0.25, 0.3) is 5.91 Å². The van der Waals surface area contributed by atoms with Crippen molar-refractivity contribution in [3.8, 4) is 0 Å². The number of nitrogens with one attached hydrogen (secondary N) is 2. The number of aliphatic hydroxyl groups is 1. The first-order valence-electron chi connectivity index (χ1n) is 5.62. The third-order valence-electron chi connectivity index (χ3n) is 2.24. The normalized spacial score (nSPS) is 14.3. The molecule has 0 saturated heterocycles. The van der Waals surface area contributed by atoms with Crippen LogP contribution in [-0.4, -0.2) is 60.7 Å². The predicted molar refractivity (Wildman–Crippen MR) is 73.2 cm³/mol. The first-order chi connectivity index (χ1) is 8.34. The molecule has 7 heteroatoms. The zero-order valence-corrected chi connectivity index (χ0v) is 12.0. The maximum Gasteiger partial charge on any atom is 0.270 e. The second-order valence-electron chi connectivity index (χ2n) is 4.71. The highest BCUT2D eigenvalue weighted by molar-refractivity contribution is 7.13. The number of carbonyl (C=O) groups excluding carboxylic acids is 1. The Labute approximate surface area is 111 Å². The molecule has 0 saturated carbocycles. The Morgan fingerprint density at radius 3 is 2.78 bits per heavy atom. The van der Waals surface area contributed by atoms with E-state index in [1.165, 1.54) is 11.3 Å². The molecule has 0 fully saturated rings. The van der Waals surface area contributed by atoms with Gasteiger partial charge in [-0.3, -0.25) is 4.79 Å². The Morgan fingerprint density at radius 2 is 2.28 bits per heavy atom. The second-order valence-corrected chi connectivity index (χ2v) is 5.56. The summed E-state index contributed by atoms with van der Waals surface area (Å²) in [6.45, 7) is 2.36. The van der Waals surface area contributed by atoms with Crippen LogP contribution in [0.5, 0.6) is 0 Å². The van der Waals surface area contributed by atoms with Crippen LogP contribution in [0, 0.1) is 0 Å². The average molecular weight is 272 g/mol. The van der Waals surface area contributed by atoms with E-state index in [-0.39, 0.29) is 12.5 Å². The van der Waals surface area contributed by atoms with Crippen LogP contribution in [0.3, 0.4) is 0 Å². The van der Waals surface area contributed by atoms with Crippen molar-refractivity contribution < 1.29 is 9.90 Å². The van der Waals surface area contributed by atoms with Crippen LogP contribution in [0.15, 0.2) is 5.38 Å². The molecular formula is C11H20N4O2S. The molecule has 102 valence electrons. The number of carbonyl (C=O) groups is 1. The Morgan fingerprint density at radius 1 is 1.61 bits per heavy atom. The molecular weight excluding hydrogens is 252 g/mol. The smallest absolute Gasteiger partial charge is 0.270 e. The molecule has 0 aromatic carbocycles. The molecule has 1 atom stereocenters. The number of anilines is 1. The maximum absolute atomic E-state index is 11.8. The van der Waals surface area contributed by atoms with Gasteiger partial charge in [-0.1, -0.05) is 0 Å². The second kappa shape index (κ2) is 6.12. The van der Waals surface area contributed by atoms with E-state index < -0.39 is 5.60 Å². The van der Waals surface area contributed by atoms with E-state index in [1.807, 2.05) is 19.0 Å². The van der Waals surface area contributed by atoms with E-state index in [4.69, 9.17) is 0 Å². The summed E-state index contributed by atoms with van der Waals surface area (Å²) in [5, 5.41) is 18.0. The van der Waals surface area contributed by atoms with Crippen molar-refractivity contribution in [3.63, 3.8) is 0 Å². The number of nitrogens with zero attached hydrogens (tertiary/aromatic N) is 2. The van der Waals surface area contributed by atoms with Crippen LogP contribution in [-0.2, 0) is 0 Å². The summed E-state index contributed by atoms with van der Waals surface area (Å²) >= 11 is 1.37. The number of hydrogen-bond donors (Lipinski definition) is 3. The Bertz CT molecular complexity index is 404. The zero-order chi connectivity index (χ0) is 13.8. The van der Waals surface area contributed by atoms with E-state index in [0.717, 1.165) is 0 Å². The lowest BCUT2D eigenvalue weighted by Crippen LogP contribution is -2.47. The van der Waals surface area contributed by atoms with E-state index in [9.17, 15) is 9.90 Å². The van der Waals surface area contributed by atoms with Gasteiger partial charge in [0.2, 0.25) is 0 Å². The quantitative estimate of drug-likeness (QED) is 0.691. The largest absolute Gasteiger partial charge is 0.387 e. The fourth-order valence-corrected chi connectivity index (χ4v) is 2.24. The first kappa shape index (κ1) is 14.9. The van der Waals surface area contributed by atoms with E-state index in [1.54, 1.807) is 19.4 Å². The Balaban J connectivity index is 2.50.